The number of nitrogens with one attached hydrogen (secondary N) is 1. The number of carbonyl (C=O) groups excluding carboxylic acids is 1. The number of hydrogen-bond acceptors (Lipinski definition) is 4. The van der Waals surface area contributed by atoms with E-state index in [9.17, 15) is 13.6 Å². The Morgan fingerprint density at radius 1 is 0.967 bits per heavy atom. The van der Waals surface area contributed by atoms with E-state index >= 15 is 0 Å². The molecule has 0 aliphatic rings. The summed E-state index contributed by atoms with van der Waals surface area (Å²) in [5.74, 6) is -1.66. The second-order valence-corrected chi connectivity index (χ2v) is 6.68. The van der Waals surface area contributed by atoms with E-state index in [2.05, 4.69) is 15.2 Å². The maximum atomic E-state index is 13.5. The Morgan fingerprint density at radius 2 is 1.87 bits per heavy atom. The van der Waals surface area contributed by atoms with Crippen molar-refractivity contribution in [3.8, 4) is 17.0 Å². The van der Waals surface area contributed by atoms with Gasteiger partial charge in [-0.2, -0.15) is 5.10 Å². The van der Waals surface area contributed by atoms with E-state index < -0.39 is 11.6 Å². The van der Waals surface area contributed by atoms with Crippen LogP contribution in [0.3, 0.4) is 0 Å². The molecule has 0 aliphatic heterocycles. The van der Waals surface area contributed by atoms with Gasteiger partial charge in [-0.05, 0) is 53.6 Å². The summed E-state index contributed by atoms with van der Waals surface area (Å²) in [7, 11) is 0. The smallest absolute Gasteiger partial charge is 0.171 e. The number of ether oxygens (including phenoxy) is 1. The van der Waals surface area contributed by atoms with Gasteiger partial charge < -0.3 is 4.74 Å². The first-order chi connectivity index (χ1) is 14.6. The number of carbonyl (C=O) groups is 1. The van der Waals surface area contributed by atoms with Gasteiger partial charge in [0, 0.05) is 30.6 Å². The van der Waals surface area contributed by atoms with Gasteiger partial charge in [0.2, 0.25) is 0 Å². The number of ketones is 1. The molecule has 4 aromatic rings. The van der Waals surface area contributed by atoms with Crippen LogP contribution in [0.1, 0.15) is 21.5 Å². The summed E-state index contributed by atoms with van der Waals surface area (Å²) in [6, 6.07) is 14.2. The van der Waals surface area contributed by atoms with Crippen LogP contribution >= 0.6 is 0 Å². The molecule has 2 aromatic carbocycles. The minimum atomic E-state index is -0.946. The second kappa shape index (κ2) is 8.65. The third-order valence-corrected chi connectivity index (χ3v) is 4.56. The summed E-state index contributed by atoms with van der Waals surface area (Å²) in [4.78, 5) is 17.1. The van der Waals surface area contributed by atoms with E-state index in [1.165, 1.54) is 6.07 Å². The van der Waals surface area contributed by atoms with Crippen molar-refractivity contribution in [2.24, 2.45) is 0 Å². The third kappa shape index (κ3) is 4.41. The molecule has 4 rings (SSSR count). The molecule has 5 nitrogen and oxygen atoms in total. The van der Waals surface area contributed by atoms with Gasteiger partial charge in [-0.3, -0.25) is 14.9 Å². The summed E-state index contributed by atoms with van der Waals surface area (Å²) in [5, 5.41) is 6.81. The van der Waals surface area contributed by atoms with E-state index in [4.69, 9.17) is 4.74 Å². The van der Waals surface area contributed by atoms with Gasteiger partial charge in [-0.1, -0.05) is 12.1 Å². The summed E-state index contributed by atoms with van der Waals surface area (Å²) in [6.45, 7) is -0.00617. The number of nitrogens with zero attached hydrogens (tertiary/aromatic N) is 2. The summed E-state index contributed by atoms with van der Waals surface area (Å²) in [6.07, 6.45) is 5.06. The zero-order valence-electron chi connectivity index (χ0n) is 15.8. The molecule has 0 saturated carbocycles. The minimum absolute atomic E-state index is 0.00617. The zero-order valence-corrected chi connectivity index (χ0v) is 15.8. The van der Waals surface area contributed by atoms with Gasteiger partial charge in [-0.15, -0.1) is 0 Å². The van der Waals surface area contributed by atoms with Crippen molar-refractivity contribution in [2.45, 2.75) is 13.0 Å². The molecule has 0 radical (unpaired) electrons. The van der Waals surface area contributed by atoms with Gasteiger partial charge in [0.05, 0.1) is 11.3 Å². The van der Waals surface area contributed by atoms with Crippen LogP contribution in [0, 0.1) is 11.6 Å². The molecule has 2 aromatic heterocycles. The lowest BCUT2D eigenvalue weighted by Gasteiger charge is -2.13. The van der Waals surface area contributed by atoms with Crippen LogP contribution in [0.15, 0.2) is 73.2 Å². The Labute approximate surface area is 171 Å². The van der Waals surface area contributed by atoms with E-state index in [0.717, 1.165) is 29.0 Å². The number of benzene rings is 2. The predicted molar refractivity (Wildman–Crippen MR) is 107 cm³/mol. The van der Waals surface area contributed by atoms with Crippen LogP contribution < -0.4 is 4.74 Å². The molecular weight excluding hydrogens is 388 g/mol. The number of rotatable bonds is 7. The zero-order chi connectivity index (χ0) is 20.9. The van der Waals surface area contributed by atoms with Crippen LogP contribution in [0.4, 0.5) is 8.78 Å². The van der Waals surface area contributed by atoms with Crippen molar-refractivity contribution >= 4 is 5.78 Å². The van der Waals surface area contributed by atoms with Crippen molar-refractivity contribution in [3.63, 3.8) is 0 Å². The molecule has 0 atom stereocenters. The highest BCUT2D eigenvalue weighted by molar-refractivity contribution is 6.01. The number of aromatic nitrogens is 3. The standard InChI is InChI=1S/C23H17F2N3O2/c24-19-5-3-16(10-20(19)25)14-30-23-6-4-17(21-7-9-27-28-21)12-18(23)22(29)11-15-2-1-8-26-13-15/h1-10,12-13H,11,14H2,(H,27,28). The number of hydrogen-bond donors (Lipinski definition) is 1. The molecule has 0 amide bonds. The highest BCUT2D eigenvalue weighted by atomic mass is 19.2. The largest absolute Gasteiger partial charge is 0.488 e. The summed E-state index contributed by atoms with van der Waals surface area (Å²) >= 11 is 0. The van der Waals surface area contributed by atoms with Crippen molar-refractivity contribution in [3.05, 3.63) is 102 Å². The quantitative estimate of drug-likeness (QED) is 0.451. The fourth-order valence-corrected chi connectivity index (χ4v) is 3.03. The molecule has 0 unspecified atom stereocenters. The lowest BCUT2D eigenvalue weighted by atomic mass is 10.00. The van der Waals surface area contributed by atoms with Gasteiger partial charge in [0.25, 0.3) is 0 Å². The normalized spacial score (nSPS) is 10.7. The SMILES string of the molecule is O=C(Cc1cccnc1)c1cc(-c2ccn[nH]2)ccc1OCc1ccc(F)c(F)c1. The van der Waals surface area contributed by atoms with E-state index in [-0.39, 0.29) is 18.8 Å². The van der Waals surface area contributed by atoms with E-state index in [1.807, 2.05) is 6.07 Å². The van der Waals surface area contributed by atoms with E-state index in [0.29, 0.717) is 16.9 Å². The fourth-order valence-electron chi connectivity index (χ4n) is 3.03. The first-order valence-electron chi connectivity index (χ1n) is 9.23. The third-order valence-electron chi connectivity index (χ3n) is 4.56. The molecule has 0 bridgehead atoms. The number of pyridine rings is 1. The van der Waals surface area contributed by atoms with Crippen LogP contribution in [0.25, 0.3) is 11.3 Å². The Bertz CT molecular complexity index is 1160. The van der Waals surface area contributed by atoms with E-state index in [1.54, 1.807) is 48.9 Å². The van der Waals surface area contributed by atoms with Crippen molar-refractivity contribution in [1.82, 2.24) is 15.2 Å². The number of H-pyrrole nitrogens is 1. The van der Waals surface area contributed by atoms with Crippen LogP contribution in [0.5, 0.6) is 5.75 Å². The second-order valence-electron chi connectivity index (χ2n) is 6.68. The lowest BCUT2D eigenvalue weighted by molar-refractivity contribution is 0.0988. The van der Waals surface area contributed by atoms with Crippen LogP contribution in [-0.2, 0) is 13.0 Å². The van der Waals surface area contributed by atoms with Crippen LogP contribution in [0.2, 0.25) is 0 Å². The highest BCUT2D eigenvalue weighted by Crippen LogP contribution is 2.28. The Balaban J connectivity index is 1.62. The maximum Gasteiger partial charge on any atom is 0.171 e. The first-order valence-corrected chi connectivity index (χ1v) is 9.23. The topological polar surface area (TPSA) is 67.9 Å². The van der Waals surface area contributed by atoms with Gasteiger partial charge >= 0.3 is 0 Å². The maximum absolute atomic E-state index is 13.5. The molecule has 0 spiro atoms. The van der Waals surface area contributed by atoms with Crippen molar-refractivity contribution in [2.75, 3.05) is 0 Å². The Hall–Kier alpha value is -3.87. The Kier molecular flexibility index (Phi) is 5.61. The highest BCUT2D eigenvalue weighted by Gasteiger charge is 2.16. The number of Topliss-reactive ketones (excluding diaryl/α,β-unsaturated/α-hetero) is 1. The van der Waals surface area contributed by atoms with Crippen molar-refractivity contribution in [1.29, 1.82) is 0 Å². The first kappa shape index (κ1) is 19.4. The average Bonchev–Trinajstić information content (AvgIpc) is 3.30. The average molecular weight is 405 g/mol. The lowest BCUT2D eigenvalue weighted by Crippen LogP contribution is -2.08. The molecule has 0 fully saturated rings. The summed E-state index contributed by atoms with van der Waals surface area (Å²) < 4.78 is 32.4. The monoisotopic (exact) mass is 405 g/mol. The Morgan fingerprint density at radius 3 is 2.60 bits per heavy atom. The molecule has 30 heavy (non-hydrogen) atoms. The van der Waals surface area contributed by atoms with Gasteiger partial charge in [0.15, 0.2) is 17.4 Å². The minimum Gasteiger partial charge on any atom is -0.488 e. The van der Waals surface area contributed by atoms with Crippen molar-refractivity contribution < 1.29 is 18.3 Å². The molecular formula is C23H17F2N3O2. The number of aromatic amines is 1. The summed E-state index contributed by atoms with van der Waals surface area (Å²) in [5.41, 5.74) is 3.16. The fraction of sp³-hybridized carbons (Fsp3) is 0.0870. The molecule has 150 valence electrons. The molecule has 0 saturated heterocycles. The number of halogens is 2. The molecule has 2 heterocycles. The van der Waals surface area contributed by atoms with Crippen LogP contribution in [-0.4, -0.2) is 21.0 Å². The van der Waals surface area contributed by atoms with Gasteiger partial charge in [-0.25, -0.2) is 8.78 Å². The molecule has 1 N–H and O–H groups in total. The van der Waals surface area contributed by atoms with Gasteiger partial charge in [0.1, 0.15) is 12.4 Å². The predicted octanol–water partition coefficient (Wildman–Crippen LogP) is 4.75. The molecule has 0 aliphatic carbocycles. The molecule has 7 heteroatoms.